The zero-order chi connectivity index (χ0) is 11.5. The summed E-state index contributed by atoms with van der Waals surface area (Å²) < 4.78 is 3.65. The Labute approximate surface area is 93.5 Å². The van der Waals surface area contributed by atoms with Gasteiger partial charge in [-0.05, 0) is 6.92 Å². The molecule has 0 fully saturated rings. The SMILES string of the molecule is CC(NCc1cnnn1C)c1nncn1C. The third kappa shape index (κ3) is 2.08. The lowest BCUT2D eigenvalue weighted by molar-refractivity contribution is 0.511. The van der Waals surface area contributed by atoms with Crippen LogP contribution in [0.2, 0.25) is 0 Å². The van der Waals surface area contributed by atoms with Crippen molar-refractivity contribution >= 4 is 0 Å². The van der Waals surface area contributed by atoms with Gasteiger partial charge in [0.15, 0.2) is 0 Å². The fourth-order valence-corrected chi connectivity index (χ4v) is 1.50. The van der Waals surface area contributed by atoms with Crippen LogP contribution in [0.1, 0.15) is 24.5 Å². The van der Waals surface area contributed by atoms with Crippen LogP contribution in [0.15, 0.2) is 12.5 Å². The maximum atomic E-state index is 4.05. The van der Waals surface area contributed by atoms with Gasteiger partial charge < -0.3 is 9.88 Å². The summed E-state index contributed by atoms with van der Waals surface area (Å²) in [7, 11) is 3.80. The summed E-state index contributed by atoms with van der Waals surface area (Å²) in [5, 5.41) is 18.9. The van der Waals surface area contributed by atoms with Crippen molar-refractivity contribution in [3.05, 3.63) is 24.0 Å². The van der Waals surface area contributed by atoms with Crippen LogP contribution in [0.5, 0.6) is 0 Å². The molecule has 0 aromatic carbocycles. The van der Waals surface area contributed by atoms with Crippen molar-refractivity contribution in [1.82, 2.24) is 35.1 Å². The molecule has 0 saturated carbocycles. The van der Waals surface area contributed by atoms with E-state index >= 15 is 0 Å². The number of hydrogen-bond acceptors (Lipinski definition) is 5. The van der Waals surface area contributed by atoms with Gasteiger partial charge in [-0.15, -0.1) is 15.3 Å². The first kappa shape index (κ1) is 10.7. The molecule has 2 rings (SSSR count). The van der Waals surface area contributed by atoms with E-state index in [4.69, 9.17) is 0 Å². The van der Waals surface area contributed by atoms with Crippen molar-refractivity contribution in [3.63, 3.8) is 0 Å². The summed E-state index contributed by atoms with van der Waals surface area (Å²) in [5.74, 6) is 0.912. The molecule has 0 radical (unpaired) electrons. The van der Waals surface area contributed by atoms with E-state index in [1.165, 1.54) is 0 Å². The molecule has 0 bridgehead atoms. The second kappa shape index (κ2) is 4.40. The van der Waals surface area contributed by atoms with Gasteiger partial charge in [0.25, 0.3) is 0 Å². The van der Waals surface area contributed by atoms with Gasteiger partial charge in [0.1, 0.15) is 12.2 Å². The summed E-state index contributed by atoms with van der Waals surface area (Å²) in [4.78, 5) is 0. The molecule has 1 unspecified atom stereocenters. The minimum absolute atomic E-state index is 0.141. The Morgan fingerprint density at radius 3 is 2.75 bits per heavy atom. The highest BCUT2D eigenvalue weighted by Crippen LogP contribution is 2.07. The fourth-order valence-electron chi connectivity index (χ4n) is 1.50. The third-order valence-corrected chi connectivity index (χ3v) is 2.53. The molecule has 0 aliphatic heterocycles. The van der Waals surface area contributed by atoms with E-state index in [1.807, 2.05) is 25.6 Å². The van der Waals surface area contributed by atoms with Crippen LogP contribution < -0.4 is 5.32 Å². The normalized spacial score (nSPS) is 12.9. The van der Waals surface area contributed by atoms with Gasteiger partial charge in [-0.3, -0.25) is 4.68 Å². The minimum Gasteiger partial charge on any atom is -0.319 e. The first-order valence-corrected chi connectivity index (χ1v) is 5.09. The van der Waals surface area contributed by atoms with Gasteiger partial charge in [0.05, 0.1) is 17.9 Å². The van der Waals surface area contributed by atoms with Gasteiger partial charge in [-0.25, -0.2) is 0 Å². The van der Waals surface area contributed by atoms with Crippen LogP contribution in [0.25, 0.3) is 0 Å². The predicted molar refractivity (Wildman–Crippen MR) is 57.3 cm³/mol. The maximum Gasteiger partial charge on any atom is 0.149 e. The summed E-state index contributed by atoms with van der Waals surface area (Å²) >= 11 is 0. The van der Waals surface area contributed by atoms with Crippen LogP contribution >= 0.6 is 0 Å². The lowest BCUT2D eigenvalue weighted by atomic mass is 10.3. The highest BCUT2D eigenvalue weighted by molar-refractivity contribution is 4.96. The van der Waals surface area contributed by atoms with Crippen molar-refractivity contribution in [1.29, 1.82) is 0 Å². The largest absolute Gasteiger partial charge is 0.319 e. The number of aromatic nitrogens is 6. The average Bonchev–Trinajstić information content (AvgIpc) is 2.84. The number of rotatable bonds is 4. The topological polar surface area (TPSA) is 73.5 Å². The highest BCUT2D eigenvalue weighted by atomic mass is 15.4. The van der Waals surface area contributed by atoms with E-state index in [9.17, 15) is 0 Å². The third-order valence-electron chi connectivity index (χ3n) is 2.53. The van der Waals surface area contributed by atoms with Gasteiger partial charge in [-0.2, -0.15) is 0 Å². The first-order chi connectivity index (χ1) is 7.68. The Hall–Kier alpha value is -1.76. The Morgan fingerprint density at radius 1 is 1.38 bits per heavy atom. The molecule has 1 atom stereocenters. The summed E-state index contributed by atoms with van der Waals surface area (Å²) in [6.45, 7) is 2.76. The quantitative estimate of drug-likeness (QED) is 0.773. The van der Waals surface area contributed by atoms with E-state index in [0.717, 1.165) is 11.5 Å². The summed E-state index contributed by atoms with van der Waals surface area (Å²) in [6, 6.07) is 0.141. The Bertz CT molecular complexity index is 458. The molecule has 0 aliphatic rings. The number of aryl methyl sites for hydroxylation is 2. The molecule has 7 heteroatoms. The molecule has 2 aromatic rings. The van der Waals surface area contributed by atoms with Crippen LogP contribution in [-0.4, -0.2) is 29.8 Å². The molecular formula is C9H15N7. The summed E-state index contributed by atoms with van der Waals surface area (Å²) in [6.07, 6.45) is 3.44. The Kier molecular flexibility index (Phi) is 2.95. The molecule has 86 valence electrons. The average molecular weight is 221 g/mol. The standard InChI is InChI=1S/C9H15N7/c1-7(9-13-12-6-15(9)2)10-4-8-5-11-14-16(8)3/h5-7,10H,4H2,1-3H3. The Balaban J connectivity index is 1.97. The molecule has 0 spiro atoms. The Morgan fingerprint density at radius 2 is 2.19 bits per heavy atom. The highest BCUT2D eigenvalue weighted by Gasteiger charge is 2.11. The molecule has 0 amide bonds. The fraction of sp³-hybridized carbons (Fsp3) is 0.556. The zero-order valence-electron chi connectivity index (χ0n) is 9.62. The number of hydrogen-bond donors (Lipinski definition) is 1. The van der Waals surface area contributed by atoms with Crippen molar-refractivity contribution < 1.29 is 0 Å². The van der Waals surface area contributed by atoms with Crippen molar-refractivity contribution in [2.45, 2.75) is 19.5 Å². The zero-order valence-corrected chi connectivity index (χ0v) is 9.62. The van der Waals surface area contributed by atoms with Gasteiger partial charge in [0.2, 0.25) is 0 Å². The molecule has 7 nitrogen and oxygen atoms in total. The molecule has 1 N–H and O–H groups in total. The van der Waals surface area contributed by atoms with Crippen molar-refractivity contribution in [3.8, 4) is 0 Å². The van der Waals surface area contributed by atoms with Crippen LogP contribution in [0, 0.1) is 0 Å². The molecular weight excluding hydrogens is 206 g/mol. The van der Waals surface area contributed by atoms with E-state index in [1.54, 1.807) is 17.2 Å². The number of nitrogens with one attached hydrogen (secondary N) is 1. The van der Waals surface area contributed by atoms with Crippen molar-refractivity contribution in [2.24, 2.45) is 14.1 Å². The second-order valence-corrected chi connectivity index (χ2v) is 3.75. The maximum absolute atomic E-state index is 4.05. The predicted octanol–water partition coefficient (Wildman–Crippen LogP) is -0.206. The smallest absolute Gasteiger partial charge is 0.149 e. The van der Waals surface area contributed by atoms with E-state index < -0.39 is 0 Å². The number of nitrogens with zero attached hydrogens (tertiary/aromatic N) is 6. The van der Waals surface area contributed by atoms with Gasteiger partial charge >= 0.3 is 0 Å². The van der Waals surface area contributed by atoms with E-state index in [0.29, 0.717) is 6.54 Å². The van der Waals surface area contributed by atoms with Gasteiger partial charge in [0, 0.05) is 20.6 Å². The van der Waals surface area contributed by atoms with E-state index in [2.05, 4.69) is 25.8 Å². The lowest BCUT2D eigenvalue weighted by Crippen LogP contribution is -2.22. The summed E-state index contributed by atoms with van der Waals surface area (Å²) in [5.41, 5.74) is 1.04. The monoisotopic (exact) mass is 221 g/mol. The molecule has 0 saturated heterocycles. The lowest BCUT2D eigenvalue weighted by Gasteiger charge is -2.12. The van der Waals surface area contributed by atoms with Crippen LogP contribution in [0.4, 0.5) is 0 Å². The second-order valence-electron chi connectivity index (χ2n) is 3.75. The van der Waals surface area contributed by atoms with Crippen LogP contribution in [-0.2, 0) is 20.6 Å². The molecule has 2 aromatic heterocycles. The molecule has 16 heavy (non-hydrogen) atoms. The van der Waals surface area contributed by atoms with Gasteiger partial charge in [-0.1, -0.05) is 5.21 Å². The molecule has 2 heterocycles. The minimum atomic E-state index is 0.141. The first-order valence-electron chi connectivity index (χ1n) is 5.09. The van der Waals surface area contributed by atoms with Crippen molar-refractivity contribution in [2.75, 3.05) is 0 Å². The molecule has 0 aliphatic carbocycles. The van der Waals surface area contributed by atoms with E-state index in [-0.39, 0.29) is 6.04 Å². The van der Waals surface area contributed by atoms with Crippen LogP contribution in [0.3, 0.4) is 0 Å².